The maximum absolute atomic E-state index is 11.4. The van der Waals surface area contributed by atoms with Crippen LogP contribution in [0.5, 0.6) is 0 Å². The van der Waals surface area contributed by atoms with E-state index in [-0.39, 0.29) is 0 Å². The largest absolute Gasteiger partial charge is 0.399 e. The van der Waals surface area contributed by atoms with Gasteiger partial charge in [-0.05, 0) is 37.1 Å². The van der Waals surface area contributed by atoms with Crippen molar-refractivity contribution in [3.05, 3.63) is 29.8 Å². The van der Waals surface area contributed by atoms with Crippen molar-refractivity contribution in [3.8, 4) is 0 Å². The lowest BCUT2D eigenvalue weighted by Crippen LogP contribution is -2.29. The fraction of sp³-hybridized carbons (Fsp3) is 0.417. The van der Waals surface area contributed by atoms with Gasteiger partial charge < -0.3 is 10.6 Å². The van der Waals surface area contributed by atoms with Gasteiger partial charge in [-0.3, -0.25) is 0 Å². The molecule has 5 nitrogen and oxygen atoms in total. The first kappa shape index (κ1) is 12.9. The molecule has 98 valence electrons. The lowest BCUT2D eigenvalue weighted by molar-refractivity contribution is 0.520. The summed E-state index contributed by atoms with van der Waals surface area (Å²) >= 11 is 0. The highest BCUT2D eigenvalue weighted by molar-refractivity contribution is 7.89. The number of likely N-dealkylation sites (tertiary alicyclic amines) is 1. The van der Waals surface area contributed by atoms with Crippen LogP contribution in [0.3, 0.4) is 0 Å². The normalized spacial score (nSPS) is 17.2. The summed E-state index contributed by atoms with van der Waals surface area (Å²) in [7, 11) is -3.40. The van der Waals surface area contributed by atoms with E-state index in [2.05, 4.69) is 4.40 Å². The molecular formula is C12H17N3O2S. The van der Waals surface area contributed by atoms with Gasteiger partial charge >= 0.3 is 0 Å². The number of sulfonamides is 1. The second kappa shape index (κ2) is 4.97. The molecule has 0 saturated carbocycles. The van der Waals surface area contributed by atoms with E-state index in [1.54, 1.807) is 24.3 Å². The van der Waals surface area contributed by atoms with Crippen LogP contribution in [0, 0.1) is 0 Å². The molecule has 0 amide bonds. The molecule has 18 heavy (non-hydrogen) atoms. The molecule has 2 rings (SSSR count). The first-order chi connectivity index (χ1) is 8.46. The van der Waals surface area contributed by atoms with Crippen molar-refractivity contribution in [1.82, 2.24) is 4.90 Å². The number of nitrogen functional groups attached to an aromatic ring is 1. The lowest BCUT2D eigenvalue weighted by Gasteiger charge is -2.19. The summed E-state index contributed by atoms with van der Waals surface area (Å²) < 4.78 is 26.7. The Hall–Kier alpha value is -1.56. The summed E-state index contributed by atoms with van der Waals surface area (Å²) in [6.45, 7) is 1.69. The topological polar surface area (TPSA) is 75.8 Å². The van der Waals surface area contributed by atoms with Crippen LogP contribution in [0.15, 0.2) is 28.7 Å². The third kappa shape index (κ3) is 3.22. The van der Waals surface area contributed by atoms with Gasteiger partial charge in [0.2, 0.25) is 0 Å². The molecule has 0 radical (unpaired) electrons. The van der Waals surface area contributed by atoms with E-state index in [0.29, 0.717) is 11.5 Å². The molecule has 1 aliphatic rings. The van der Waals surface area contributed by atoms with Gasteiger partial charge in [-0.15, -0.1) is 4.40 Å². The summed E-state index contributed by atoms with van der Waals surface area (Å²) in [4.78, 5) is 2.01. The minimum Gasteiger partial charge on any atom is -0.399 e. The molecule has 0 bridgehead atoms. The Labute approximate surface area is 107 Å². The fourth-order valence-electron chi connectivity index (χ4n) is 2.01. The number of nitrogens with zero attached hydrogens (tertiary/aromatic N) is 2. The molecule has 1 aromatic carbocycles. The molecule has 1 fully saturated rings. The second-order valence-corrected chi connectivity index (χ2v) is 6.11. The zero-order chi connectivity index (χ0) is 13.2. The molecule has 1 aliphatic heterocycles. The molecular weight excluding hydrogens is 250 g/mol. The number of rotatable bonds is 2. The number of nitrogens with two attached hydrogens (primary N) is 1. The predicted octanol–water partition coefficient (Wildman–Crippen LogP) is 1.07. The molecule has 0 unspecified atom stereocenters. The van der Waals surface area contributed by atoms with Crippen molar-refractivity contribution in [1.29, 1.82) is 0 Å². The molecule has 0 atom stereocenters. The van der Waals surface area contributed by atoms with E-state index in [9.17, 15) is 8.42 Å². The van der Waals surface area contributed by atoms with E-state index < -0.39 is 10.0 Å². The number of hydrogen-bond donors (Lipinski definition) is 1. The van der Waals surface area contributed by atoms with Crippen molar-refractivity contribution in [2.45, 2.75) is 12.8 Å². The van der Waals surface area contributed by atoms with Crippen molar-refractivity contribution in [2.24, 2.45) is 4.40 Å². The standard InChI is InChI=1S/C12H17N3O2S/c1-18(16,17)14-12(15-8-2-3-9-15)10-4-6-11(13)7-5-10/h4-7H,2-3,8-9,13H2,1H3. The minimum atomic E-state index is -3.40. The third-order valence-electron chi connectivity index (χ3n) is 2.83. The molecule has 2 N–H and O–H groups in total. The van der Waals surface area contributed by atoms with Crippen molar-refractivity contribution >= 4 is 21.5 Å². The summed E-state index contributed by atoms with van der Waals surface area (Å²) in [5.74, 6) is 0.523. The Morgan fingerprint density at radius 3 is 2.28 bits per heavy atom. The molecule has 1 saturated heterocycles. The average molecular weight is 267 g/mol. The van der Waals surface area contributed by atoms with E-state index in [1.807, 2.05) is 4.90 Å². The Morgan fingerprint density at radius 1 is 1.22 bits per heavy atom. The first-order valence-electron chi connectivity index (χ1n) is 5.86. The van der Waals surface area contributed by atoms with Crippen LogP contribution in [0.1, 0.15) is 18.4 Å². The van der Waals surface area contributed by atoms with E-state index >= 15 is 0 Å². The zero-order valence-corrected chi connectivity index (χ0v) is 11.2. The Bertz CT molecular complexity index is 543. The van der Waals surface area contributed by atoms with Crippen molar-refractivity contribution < 1.29 is 8.42 Å². The first-order valence-corrected chi connectivity index (χ1v) is 7.71. The maximum Gasteiger partial charge on any atom is 0.252 e. The monoisotopic (exact) mass is 267 g/mol. The number of hydrogen-bond acceptors (Lipinski definition) is 3. The highest BCUT2D eigenvalue weighted by Crippen LogP contribution is 2.16. The van der Waals surface area contributed by atoms with Gasteiger partial charge in [0.1, 0.15) is 5.84 Å². The summed E-state index contributed by atoms with van der Waals surface area (Å²) in [6, 6.07) is 7.11. The van der Waals surface area contributed by atoms with Crippen LogP contribution >= 0.6 is 0 Å². The number of anilines is 1. The van der Waals surface area contributed by atoms with Gasteiger partial charge in [0.25, 0.3) is 10.0 Å². The SMILES string of the molecule is CS(=O)(=O)N=C(c1ccc(N)cc1)N1CCCC1. The van der Waals surface area contributed by atoms with Crippen molar-refractivity contribution in [3.63, 3.8) is 0 Å². The summed E-state index contributed by atoms with van der Waals surface area (Å²) in [5.41, 5.74) is 7.08. The van der Waals surface area contributed by atoms with Crippen molar-refractivity contribution in [2.75, 3.05) is 25.1 Å². The van der Waals surface area contributed by atoms with Gasteiger partial charge in [-0.1, -0.05) is 0 Å². The van der Waals surface area contributed by atoms with E-state index in [1.165, 1.54) is 0 Å². The lowest BCUT2D eigenvalue weighted by atomic mass is 10.2. The van der Waals surface area contributed by atoms with E-state index in [0.717, 1.165) is 37.8 Å². The van der Waals surface area contributed by atoms with E-state index in [4.69, 9.17) is 5.73 Å². The third-order valence-corrected chi connectivity index (χ3v) is 3.33. The zero-order valence-electron chi connectivity index (χ0n) is 10.3. The van der Waals surface area contributed by atoms with Gasteiger partial charge in [0.15, 0.2) is 0 Å². The minimum absolute atomic E-state index is 0.523. The molecule has 0 spiro atoms. The highest BCUT2D eigenvalue weighted by Gasteiger charge is 2.19. The Kier molecular flexibility index (Phi) is 3.56. The maximum atomic E-state index is 11.4. The average Bonchev–Trinajstić information content (AvgIpc) is 2.79. The van der Waals surface area contributed by atoms with Crippen LogP contribution in [0.2, 0.25) is 0 Å². The number of benzene rings is 1. The van der Waals surface area contributed by atoms with Crippen LogP contribution in [0.25, 0.3) is 0 Å². The predicted molar refractivity (Wildman–Crippen MR) is 73.0 cm³/mol. The molecule has 0 aromatic heterocycles. The smallest absolute Gasteiger partial charge is 0.252 e. The van der Waals surface area contributed by atoms with Crippen LogP contribution in [-0.2, 0) is 10.0 Å². The molecule has 1 aromatic rings. The van der Waals surface area contributed by atoms with Crippen LogP contribution in [0.4, 0.5) is 5.69 Å². The summed E-state index contributed by atoms with van der Waals surface area (Å²) in [6.07, 6.45) is 3.25. The summed E-state index contributed by atoms with van der Waals surface area (Å²) in [5, 5.41) is 0. The number of amidine groups is 1. The van der Waals surface area contributed by atoms with Gasteiger partial charge in [-0.2, -0.15) is 0 Å². The van der Waals surface area contributed by atoms with Gasteiger partial charge in [0, 0.05) is 24.3 Å². The molecule has 0 aliphatic carbocycles. The molecule has 1 heterocycles. The van der Waals surface area contributed by atoms with Gasteiger partial charge in [0.05, 0.1) is 6.26 Å². The molecule has 6 heteroatoms. The van der Waals surface area contributed by atoms with Crippen LogP contribution < -0.4 is 5.73 Å². The Morgan fingerprint density at radius 2 is 1.78 bits per heavy atom. The van der Waals surface area contributed by atoms with Crippen LogP contribution in [-0.4, -0.2) is 38.5 Å². The van der Waals surface area contributed by atoms with Gasteiger partial charge in [-0.25, -0.2) is 8.42 Å². The Balaban J connectivity index is 2.41. The fourth-order valence-corrected chi connectivity index (χ4v) is 2.55. The second-order valence-electron chi connectivity index (χ2n) is 4.46. The highest BCUT2D eigenvalue weighted by atomic mass is 32.2. The quantitative estimate of drug-likeness (QED) is 0.494.